The number of benzene rings is 2. The highest BCUT2D eigenvalue weighted by Gasteiger charge is 2.35. The van der Waals surface area contributed by atoms with Crippen molar-refractivity contribution in [2.45, 2.75) is 59.4 Å². The molecule has 1 atom stereocenters. The van der Waals surface area contributed by atoms with Crippen LogP contribution in [-0.2, 0) is 0 Å². The molecule has 0 spiro atoms. The summed E-state index contributed by atoms with van der Waals surface area (Å²) in [6, 6.07) is 9.95. The van der Waals surface area contributed by atoms with Gasteiger partial charge in [0, 0.05) is 17.8 Å². The van der Waals surface area contributed by atoms with Crippen molar-refractivity contribution >= 4 is 17.8 Å². The maximum absolute atomic E-state index is 12.5. The van der Waals surface area contributed by atoms with Crippen LogP contribution >= 0.6 is 0 Å². The fraction of sp³-hybridized carbons (Fsp3) is 0.440. The molecule has 0 saturated carbocycles. The number of nitrogens with one attached hydrogen (secondary N) is 1. The van der Waals surface area contributed by atoms with E-state index < -0.39 is 0 Å². The minimum Gasteiger partial charge on any atom is -0.496 e. The molecule has 1 aliphatic rings. The van der Waals surface area contributed by atoms with E-state index in [1.54, 1.807) is 19.4 Å². The molecule has 0 saturated heterocycles. The minimum absolute atomic E-state index is 0.143. The number of hydrogen-bond donors (Lipinski definition) is 1. The van der Waals surface area contributed by atoms with Gasteiger partial charge in [-0.2, -0.15) is 5.10 Å². The molecule has 0 aliphatic carbocycles. The van der Waals surface area contributed by atoms with Gasteiger partial charge in [0.25, 0.3) is 5.91 Å². The molecule has 0 fully saturated rings. The number of anilines is 1. The number of carbonyl (C=O) groups is 1. The molecule has 1 amide bonds. The molecular formula is C25H33N3O2. The van der Waals surface area contributed by atoms with Gasteiger partial charge in [-0.15, -0.1) is 0 Å². The third kappa shape index (κ3) is 4.20. The smallest absolute Gasteiger partial charge is 0.275 e. The molecule has 1 N–H and O–H groups in total. The monoisotopic (exact) mass is 407 g/mol. The second kappa shape index (κ2) is 8.50. The van der Waals surface area contributed by atoms with Crippen molar-refractivity contribution < 1.29 is 9.53 Å². The van der Waals surface area contributed by atoms with E-state index in [9.17, 15) is 4.79 Å². The van der Waals surface area contributed by atoms with Crippen molar-refractivity contribution in [1.82, 2.24) is 5.43 Å². The number of ether oxygens (including phenoxy) is 1. The third-order valence-electron chi connectivity index (χ3n) is 6.06. The van der Waals surface area contributed by atoms with Crippen molar-refractivity contribution in [3.8, 4) is 5.75 Å². The Bertz CT molecular complexity index is 979. The number of fused-ring (bicyclic) bond motifs is 1. The van der Waals surface area contributed by atoms with Gasteiger partial charge in [-0.25, -0.2) is 5.43 Å². The summed E-state index contributed by atoms with van der Waals surface area (Å²) in [4.78, 5) is 15.0. The Balaban J connectivity index is 1.84. The fourth-order valence-corrected chi connectivity index (χ4v) is 4.60. The van der Waals surface area contributed by atoms with Gasteiger partial charge >= 0.3 is 0 Å². The van der Waals surface area contributed by atoms with Crippen molar-refractivity contribution in [3.63, 3.8) is 0 Å². The summed E-state index contributed by atoms with van der Waals surface area (Å²) in [7, 11) is 1.56. The van der Waals surface area contributed by atoms with Gasteiger partial charge in [-0.3, -0.25) is 4.79 Å². The van der Waals surface area contributed by atoms with E-state index in [4.69, 9.17) is 4.74 Å². The largest absolute Gasteiger partial charge is 0.496 e. The summed E-state index contributed by atoms with van der Waals surface area (Å²) >= 11 is 0. The van der Waals surface area contributed by atoms with Crippen molar-refractivity contribution in [2.24, 2.45) is 5.10 Å². The maximum Gasteiger partial charge on any atom is 0.275 e. The van der Waals surface area contributed by atoms with Crippen molar-refractivity contribution in [1.29, 1.82) is 0 Å². The third-order valence-corrected chi connectivity index (χ3v) is 6.06. The Kier molecular flexibility index (Phi) is 6.20. The molecular weight excluding hydrogens is 374 g/mol. The van der Waals surface area contributed by atoms with E-state index in [-0.39, 0.29) is 11.4 Å². The summed E-state index contributed by atoms with van der Waals surface area (Å²) in [6.45, 7) is 14.2. The first-order valence-corrected chi connectivity index (χ1v) is 10.6. The van der Waals surface area contributed by atoms with Crippen molar-refractivity contribution in [2.75, 3.05) is 18.6 Å². The number of rotatable bonds is 5. The Morgan fingerprint density at radius 2 is 2.03 bits per heavy atom. The summed E-state index contributed by atoms with van der Waals surface area (Å²) in [6.07, 6.45) is 2.84. The summed E-state index contributed by atoms with van der Waals surface area (Å²) in [5, 5.41) is 4.22. The normalized spacial score (nSPS) is 17.7. The first-order chi connectivity index (χ1) is 14.2. The van der Waals surface area contributed by atoms with E-state index >= 15 is 0 Å². The molecule has 0 aromatic heterocycles. The van der Waals surface area contributed by atoms with Gasteiger partial charge in [0.05, 0.1) is 18.9 Å². The SMILES string of the molecule is CCN1c2cc(C)c(/C=N\NC(=O)c3ccc(C)cc3OC)cc2[C@@H](C)CC1(C)C. The number of nitrogens with zero attached hydrogens (tertiary/aromatic N) is 2. The predicted molar refractivity (Wildman–Crippen MR) is 124 cm³/mol. The topological polar surface area (TPSA) is 53.9 Å². The highest BCUT2D eigenvalue weighted by atomic mass is 16.5. The molecule has 1 heterocycles. The summed E-state index contributed by atoms with van der Waals surface area (Å²) in [5.74, 6) is 0.728. The molecule has 3 rings (SSSR count). The highest BCUT2D eigenvalue weighted by Crippen LogP contribution is 2.43. The molecule has 0 bridgehead atoms. The number of aryl methyl sites for hydroxylation is 2. The minimum atomic E-state index is -0.286. The number of methoxy groups -OCH3 is 1. The predicted octanol–water partition coefficient (Wildman–Crippen LogP) is 5.19. The van der Waals surface area contributed by atoms with Gasteiger partial charge in [0.15, 0.2) is 0 Å². The highest BCUT2D eigenvalue weighted by molar-refractivity contribution is 5.97. The average Bonchev–Trinajstić information content (AvgIpc) is 2.68. The van der Waals surface area contributed by atoms with Crippen LogP contribution in [0.3, 0.4) is 0 Å². The average molecular weight is 408 g/mol. The second-order valence-corrected chi connectivity index (χ2v) is 8.83. The summed E-state index contributed by atoms with van der Waals surface area (Å²) in [5.41, 5.74) is 9.10. The number of amides is 1. The second-order valence-electron chi connectivity index (χ2n) is 8.83. The first-order valence-electron chi connectivity index (χ1n) is 10.6. The van der Waals surface area contributed by atoms with E-state index in [0.717, 1.165) is 29.7 Å². The Labute approximate surface area is 180 Å². The first kappa shape index (κ1) is 21.9. The van der Waals surface area contributed by atoms with Crippen LogP contribution in [-0.4, -0.2) is 31.3 Å². The number of carbonyl (C=O) groups excluding carboxylic acids is 1. The molecule has 0 unspecified atom stereocenters. The summed E-state index contributed by atoms with van der Waals surface area (Å²) < 4.78 is 5.33. The molecule has 160 valence electrons. The van der Waals surface area contributed by atoms with Crippen molar-refractivity contribution in [3.05, 3.63) is 58.1 Å². The zero-order valence-electron chi connectivity index (χ0n) is 19.2. The molecule has 0 radical (unpaired) electrons. The Morgan fingerprint density at radius 1 is 1.30 bits per heavy atom. The van der Waals surface area contributed by atoms with Crippen LogP contribution < -0.4 is 15.1 Å². The van der Waals surface area contributed by atoms with Gasteiger partial charge in [0.1, 0.15) is 5.75 Å². The molecule has 2 aromatic carbocycles. The Hall–Kier alpha value is -2.82. The standard InChI is InChI=1S/C25H33N3O2/c1-8-28-22-12-17(3)19(13-21(22)18(4)14-25(28,5)6)15-26-27-24(29)20-10-9-16(2)11-23(20)30-7/h9-13,15,18H,8,14H2,1-7H3,(H,27,29)/b26-15-/t18-/m0/s1. The van der Waals surface area contributed by atoms with Crippen LogP contribution in [0.2, 0.25) is 0 Å². The van der Waals surface area contributed by atoms with Gasteiger partial charge < -0.3 is 9.64 Å². The number of hydrazone groups is 1. The van der Waals surface area contributed by atoms with E-state index in [2.05, 4.69) is 62.2 Å². The van der Waals surface area contributed by atoms with Gasteiger partial charge in [0.2, 0.25) is 0 Å². The Morgan fingerprint density at radius 3 is 2.70 bits per heavy atom. The zero-order valence-corrected chi connectivity index (χ0v) is 19.2. The van der Waals surface area contributed by atoms with Gasteiger partial charge in [-0.05, 0) is 93.5 Å². The molecule has 5 heteroatoms. The maximum atomic E-state index is 12.5. The van der Waals surface area contributed by atoms with E-state index in [1.165, 1.54) is 11.3 Å². The quantitative estimate of drug-likeness (QED) is 0.548. The van der Waals surface area contributed by atoms with E-state index in [1.807, 2.05) is 19.1 Å². The lowest BCUT2D eigenvalue weighted by atomic mass is 9.79. The van der Waals surface area contributed by atoms with E-state index in [0.29, 0.717) is 17.2 Å². The molecule has 5 nitrogen and oxygen atoms in total. The fourth-order valence-electron chi connectivity index (χ4n) is 4.60. The van der Waals surface area contributed by atoms with Crippen LogP contribution in [0.5, 0.6) is 5.75 Å². The zero-order chi connectivity index (χ0) is 22.1. The van der Waals surface area contributed by atoms with Crippen LogP contribution in [0, 0.1) is 13.8 Å². The van der Waals surface area contributed by atoms with Crippen LogP contribution in [0.25, 0.3) is 0 Å². The van der Waals surface area contributed by atoms with Gasteiger partial charge in [-0.1, -0.05) is 13.0 Å². The number of hydrogen-bond acceptors (Lipinski definition) is 4. The lowest BCUT2D eigenvalue weighted by Gasteiger charge is -2.47. The molecule has 2 aromatic rings. The lowest BCUT2D eigenvalue weighted by molar-refractivity contribution is 0.0952. The molecule has 1 aliphatic heterocycles. The van der Waals surface area contributed by atoms with Crippen LogP contribution in [0.1, 0.15) is 72.6 Å². The van der Waals surface area contributed by atoms with Crippen LogP contribution in [0.4, 0.5) is 5.69 Å². The van der Waals surface area contributed by atoms with Crippen LogP contribution in [0.15, 0.2) is 35.4 Å². The lowest BCUT2D eigenvalue weighted by Crippen LogP contribution is -2.48. The molecule has 30 heavy (non-hydrogen) atoms.